The Morgan fingerprint density at radius 2 is 2.00 bits per heavy atom. The number of hydrogen-bond donors (Lipinski definition) is 2. The maximum absolute atomic E-state index is 6.05. The van der Waals surface area contributed by atoms with Crippen LogP contribution in [-0.4, -0.2) is 43.4 Å². The standard InChI is InChI=1S/C14H26N4O3/c1-4-8-21-14-12(15)13(16-7-6-9-20-5-2)17-11(18-14)10-19-3/h4-10,15H2,1-3H3,(H,16,17,18). The minimum atomic E-state index is 0.316. The van der Waals surface area contributed by atoms with E-state index < -0.39 is 0 Å². The van der Waals surface area contributed by atoms with Crippen molar-refractivity contribution in [2.75, 3.05) is 44.5 Å². The van der Waals surface area contributed by atoms with Crippen LogP contribution in [0.3, 0.4) is 0 Å². The van der Waals surface area contributed by atoms with Crippen molar-refractivity contribution in [2.24, 2.45) is 0 Å². The molecule has 0 radical (unpaired) electrons. The Bertz CT molecular complexity index is 415. The molecule has 0 spiro atoms. The summed E-state index contributed by atoms with van der Waals surface area (Å²) in [5.74, 6) is 1.54. The van der Waals surface area contributed by atoms with Crippen molar-refractivity contribution in [3.63, 3.8) is 0 Å². The molecule has 0 atom stereocenters. The number of nitrogens with zero attached hydrogens (tertiary/aromatic N) is 2. The van der Waals surface area contributed by atoms with Gasteiger partial charge in [-0.2, -0.15) is 4.98 Å². The van der Waals surface area contributed by atoms with Gasteiger partial charge in [0.05, 0.1) is 6.61 Å². The minimum absolute atomic E-state index is 0.316. The number of nitrogens with two attached hydrogens (primary N) is 1. The second-order valence-corrected chi connectivity index (χ2v) is 4.47. The van der Waals surface area contributed by atoms with Gasteiger partial charge in [0.2, 0.25) is 5.88 Å². The second-order valence-electron chi connectivity index (χ2n) is 4.47. The van der Waals surface area contributed by atoms with E-state index in [1.807, 2.05) is 13.8 Å². The van der Waals surface area contributed by atoms with E-state index >= 15 is 0 Å². The highest BCUT2D eigenvalue weighted by atomic mass is 16.5. The minimum Gasteiger partial charge on any atom is -0.476 e. The molecular formula is C14H26N4O3. The average Bonchev–Trinajstić information content (AvgIpc) is 2.48. The fourth-order valence-electron chi connectivity index (χ4n) is 1.66. The highest BCUT2D eigenvalue weighted by Gasteiger charge is 2.12. The number of hydrogen-bond acceptors (Lipinski definition) is 7. The van der Waals surface area contributed by atoms with E-state index in [9.17, 15) is 0 Å². The first-order valence-corrected chi connectivity index (χ1v) is 7.32. The van der Waals surface area contributed by atoms with Gasteiger partial charge < -0.3 is 25.3 Å². The molecule has 0 aliphatic carbocycles. The van der Waals surface area contributed by atoms with Gasteiger partial charge in [-0.3, -0.25) is 0 Å². The molecule has 0 fully saturated rings. The highest BCUT2D eigenvalue weighted by Crippen LogP contribution is 2.26. The summed E-state index contributed by atoms with van der Waals surface area (Å²) in [5.41, 5.74) is 6.48. The van der Waals surface area contributed by atoms with E-state index in [0.29, 0.717) is 43.0 Å². The summed E-state index contributed by atoms with van der Waals surface area (Å²) in [6.07, 6.45) is 1.77. The Hall–Kier alpha value is -1.60. The van der Waals surface area contributed by atoms with Gasteiger partial charge in [-0.15, -0.1) is 0 Å². The van der Waals surface area contributed by atoms with Gasteiger partial charge in [0.15, 0.2) is 11.6 Å². The first-order chi connectivity index (χ1) is 10.2. The number of aromatic nitrogens is 2. The van der Waals surface area contributed by atoms with Crippen molar-refractivity contribution < 1.29 is 14.2 Å². The molecule has 0 aliphatic heterocycles. The Morgan fingerprint density at radius 1 is 1.19 bits per heavy atom. The van der Waals surface area contributed by atoms with Crippen molar-refractivity contribution in [1.29, 1.82) is 0 Å². The first-order valence-electron chi connectivity index (χ1n) is 7.32. The molecule has 1 rings (SSSR count). The van der Waals surface area contributed by atoms with Gasteiger partial charge in [-0.25, -0.2) is 4.98 Å². The number of nitrogen functional groups attached to an aromatic ring is 1. The van der Waals surface area contributed by atoms with Crippen LogP contribution in [0.15, 0.2) is 0 Å². The first kappa shape index (κ1) is 17.5. The van der Waals surface area contributed by atoms with Crippen LogP contribution in [0.4, 0.5) is 11.5 Å². The van der Waals surface area contributed by atoms with Crippen LogP contribution >= 0.6 is 0 Å². The van der Waals surface area contributed by atoms with Crippen LogP contribution in [0.5, 0.6) is 5.88 Å². The Morgan fingerprint density at radius 3 is 2.67 bits per heavy atom. The fraction of sp³-hybridized carbons (Fsp3) is 0.714. The summed E-state index contributed by atoms with van der Waals surface area (Å²) in [5, 5.41) is 3.20. The van der Waals surface area contributed by atoms with Gasteiger partial charge in [0, 0.05) is 26.9 Å². The van der Waals surface area contributed by atoms with Crippen LogP contribution in [0, 0.1) is 0 Å². The molecule has 0 aromatic carbocycles. The van der Waals surface area contributed by atoms with Gasteiger partial charge >= 0.3 is 0 Å². The van der Waals surface area contributed by atoms with Crippen LogP contribution < -0.4 is 15.8 Å². The molecule has 1 heterocycles. The largest absolute Gasteiger partial charge is 0.476 e. The van der Waals surface area contributed by atoms with Crippen molar-refractivity contribution >= 4 is 11.5 Å². The van der Waals surface area contributed by atoms with Crippen molar-refractivity contribution in [3.8, 4) is 5.88 Å². The number of anilines is 2. The zero-order valence-corrected chi connectivity index (χ0v) is 13.1. The maximum atomic E-state index is 6.05. The summed E-state index contributed by atoms with van der Waals surface area (Å²) in [6, 6.07) is 0. The van der Waals surface area contributed by atoms with E-state index in [1.165, 1.54) is 0 Å². The van der Waals surface area contributed by atoms with Crippen molar-refractivity contribution in [3.05, 3.63) is 5.82 Å². The molecule has 120 valence electrons. The maximum Gasteiger partial charge on any atom is 0.242 e. The van der Waals surface area contributed by atoms with E-state index in [1.54, 1.807) is 7.11 Å². The van der Waals surface area contributed by atoms with Crippen LogP contribution in [-0.2, 0) is 16.1 Å². The fourth-order valence-corrected chi connectivity index (χ4v) is 1.66. The molecule has 21 heavy (non-hydrogen) atoms. The second kappa shape index (κ2) is 10.2. The highest BCUT2D eigenvalue weighted by molar-refractivity contribution is 5.66. The lowest BCUT2D eigenvalue weighted by molar-refractivity contribution is 0.147. The van der Waals surface area contributed by atoms with Crippen LogP contribution in [0.1, 0.15) is 32.5 Å². The monoisotopic (exact) mass is 298 g/mol. The van der Waals surface area contributed by atoms with E-state index in [-0.39, 0.29) is 0 Å². The summed E-state index contributed by atoms with van der Waals surface area (Å²) in [4.78, 5) is 8.63. The van der Waals surface area contributed by atoms with E-state index in [0.717, 1.165) is 26.0 Å². The Kier molecular flexibility index (Phi) is 8.45. The van der Waals surface area contributed by atoms with Crippen LogP contribution in [0.25, 0.3) is 0 Å². The third-order valence-electron chi connectivity index (χ3n) is 2.64. The molecule has 7 nitrogen and oxygen atoms in total. The molecule has 1 aromatic heterocycles. The molecule has 0 unspecified atom stereocenters. The molecule has 7 heteroatoms. The Balaban J connectivity index is 2.72. The third kappa shape index (κ3) is 6.14. The lowest BCUT2D eigenvalue weighted by Gasteiger charge is -2.13. The molecule has 0 bridgehead atoms. The number of ether oxygens (including phenoxy) is 3. The summed E-state index contributed by atoms with van der Waals surface area (Å²) in [6.45, 7) is 7.04. The Labute approximate surface area is 126 Å². The molecule has 0 aliphatic rings. The smallest absolute Gasteiger partial charge is 0.242 e. The predicted molar refractivity (Wildman–Crippen MR) is 82.5 cm³/mol. The molecule has 0 saturated carbocycles. The zero-order valence-electron chi connectivity index (χ0n) is 13.1. The average molecular weight is 298 g/mol. The normalized spacial score (nSPS) is 10.6. The number of rotatable bonds is 11. The quantitative estimate of drug-likeness (QED) is 0.602. The van der Waals surface area contributed by atoms with Crippen molar-refractivity contribution in [2.45, 2.75) is 33.3 Å². The van der Waals surface area contributed by atoms with Gasteiger partial charge in [0.25, 0.3) is 0 Å². The molecular weight excluding hydrogens is 272 g/mol. The van der Waals surface area contributed by atoms with E-state index in [4.69, 9.17) is 19.9 Å². The molecule has 0 amide bonds. The van der Waals surface area contributed by atoms with E-state index in [2.05, 4.69) is 15.3 Å². The van der Waals surface area contributed by atoms with Crippen LogP contribution in [0.2, 0.25) is 0 Å². The lowest BCUT2D eigenvalue weighted by Crippen LogP contribution is -2.13. The van der Waals surface area contributed by atoms with Gasteiger partial charge in [-0.1, -0.05) is 6.92 Å². The van der Waals surface area contributed by atoms with Gasteiger partial charge in [0.1, 0.15) is 12.3 Å². The zero-order chi connectivity index (χ0) is 15.5. The topological polar surface area (TPSA) is 91.5 Å². The number of methoxy groups -OCH3 is 1. The molecule has 1 aromatic rings. The summed E-state index contributed by atoms with van der Waals surface area (Å²) in [7, 11) is 1.60. The van der Waals surface area contributed by atoms with Gasteiger partial charge in [-0.05, 0) is 19.8 Å². The lowest BCUT2D eigenvalue weighted by atomic mass is 10.4. The third-order valence-corrected chi connectivity index (χ3v) is 2.64. The summed E-state index contributed by atoms with van der Waals surface area (Å²) < 4.78 is 15.9. The van der Waals surface area contributed by atoms with Crippen molar-refractivity contribution in [1.82, 2.24) is 9.97 Å². The molecule has 0 saturated heterocycles. The summed E-state index contributed by atoms with van der Waals surface area (Å²) >= 11 is 0. The SMILES string of the molecule is CCCOc1nc(COC)nc(NCCCOCC)c1N. The predicted octanol–water partition coefficient (Wildman–Crippen LogP) is 1.83. The number of nitrogens with one attached hydrogen (secondary N) is 1. The molecule has 3 N–H and O–H groups in total.